The fourth-order valence-corrected chi connectivity index (χ4v) is 3.46. The van der Waals surface area contributed by atoms with Gasteiger partial charge in [-0.15, -0.1) is 0 Å². The molecular formula is C18H21FN4OS. The lowest BCUT2D eigenvalue weighted by molar-refractivity contribution is -0.127. The third-order valence-corrected chi connectivity index (χ3v) is 4.85. The molecule has 0 aliphatic carbocycles. The van der Waals surface area contributed by atoms with E-state index < -0.39 is 0 Å². The van der Waals surface area contributed by atoms with Crippen molar-refractivity contribution in [2.24, 2.45) is 0 Å². The standard InChI is InChI=1S/C18H21FN4OS/c1-2-23-17(20-21-18(23)25)14-8-10-22(11-9-14)16(24)7-6-13-4-3-5-15(19)12-13/h3-7,12,14H,2,8-11H2,1H3,(H,21,25). The molecule has 2 aromatic rings. The monoisotopic (exact) mass is 360 g/mol. The largest absolute Gasteiger partial charge is 0.339 e. The maximum absolute atomic E-state index is 13.2. The fourth-order valence-electron chi connectivity index (χ4n) is 3.19. The van der Waals surface area contributed by atoms with Crippen molar-refractivity contribution in [2.45, 2.75) is 32.2 Å². The molecule has 5 nitrogen and oxygen atoms in total. The van der Waals surface area contributed by atoms with Crippen LogP contribution in [0.2, 0.25) is 0 Å². The number of halogens is 1. The summed E-state index contributed by atoms with van der Waals surface area (Å²) in [5.74, 6) is 0.941. The number of amides is 1. The molecule has 1 amide bonds. The Labute approximate surface area is 151 Å². The Morgan fingerprint density at radius 1 is 1.44 bits per heavy atom. The molecule has 25 heavy (non-hydrogen) atoms. The number of nitrogens with one attached hydrogen (secondary N) is 1. The number of rotatable bonds is 4. The number of piperidine rings is 1. The Morgan fingerprint density at radius 3 is 2.88 bits per heavy atom. The molecule has 2 heterocycles. The summed E-state index contributed by atoms with van der Waals surface area (Å²) < 4.78 is 15.8. The minimum absolute atomic E-state index is 0.0444. The molecule has 0 spiro atoms. The van der Waals surface area contributed by atoms with Crippen molar-refractivity contribution < 1.29 is 9.18 Å². The average molecular weight is 360 g/mol. The number of nitrogens with zero attached hydrogens (tertiary/aromatic N) is 3. The van der Waals surface area contributed by atoms with Gasteiger partial charge in [0.15, 0.2) is 4.77 Å². The second-order valence-electron chi connectivity index (χ2n) is 6.12. The number of carbonyl (C=O) groups is 1. The molecule has 1 fully saturated rings. The lowest BCUT2D eigenvalue weighted by Gasteiger charge is -2.31. The molecule has 0 bridgehead atoms. The maximum Gasteiger partial charge on any atom is 0.246 e. The van der Waals surface area contributed by atoms with Crippen LogP contribution in [-0.2, 0) is 11.3 Å². The van der Waals surface area contributed by atoms with E-state index in [1.165, 1.54) is 18.2 Å². The molecule has 7 heteroatoms. The van der Waals surface area contributed by atoms with Gasteiger partial charge >= 0.3 is 0 Å². The molecule has 0 saturated carbocycles. The van der Waals surface area contributed by atoms with E-state index in [-0.39, 0.29) is 11.7 Å². The van der Waals surface area contributed by atoms with E-state index in [4.69, 9.17) is 12.2 Å². The highest BCUT2D eigenvalue weighted by molar-refractivity contribution is 7.71. The van der Waals surface area contributed by atoms with Gasteiger partial charge in [0.05, 0.1) is 0 Å². The third kappa shape index (κ3) is 4.04. The number of aromatic nitrogens is 3. The topological polar surface area (TPSA) is 53.9 Å². The highest BCUT2D eigenvalue weighted by Gasteiger charge is 2.26. The van der Waals surface area contributed by atoms with E-state index in [0.29, 0.717) is 29.3 Å². The summed E-state index contributed by atoms with van der Waals surface area (Å²) in [6.45, 7) is 4.20. The van der Waals surface area contributed by atoms with Crippen LogP contribution in [0.5, 0.6) is 0 Å². The van der Waals surface area contributed by atoms with Crippen molar-refractivity contribution in [3.8, 4) is 0 Å². The summed E-state index contributed by atoms with van der Waals surface area (Å²) in [4.78, 5) is 14.2. The second-order valence-corrected chi connectivity index (χ2v) is 6.51. The Bertz CT molecular complexity index is 834. The zero-order valence-corrected chi connectivity index (χ0v) is 14.9. The van der Waals surface area contributed by atoms with Crippen LogP contribution in [-0.4, -0.2) is 38.7 Å². The molecule has 0 atom stereocenters. The highest BCUT2D eigenvalue weighted by Crippen LogP contribution is 2.27. The van der Waals surface area contributed by atoms with Crippen LogP contribution in [0.15, 0.2) is 30.3 Å². The van der Waals surface area contributed by atoms with Crippen molar-refractivity contribution in [1.29, 1.82) is 0 Å². The molecule has 1 aromatic heterocycles. The number of hydrogen-bond donors (Lipinski definition) is 1. The zero-order valence-electron chi connectivity index (χ0n) is 14.1. The van der Waals surface area contributed by atoms with Gasteiger partial charge < -0.3 is 9.47 Å². The molecule has 1 aromatic carbocycles. The maximum atomic E-state index is 13.2. The lowest BCUT2D eigenvalue weighted by Crippen LogP contribution is -2.37. The minimum atomic E-state index is -0.306. The molecular weight excluding hydrogens is 339 g/mol. The van der Waals surface area contributed by atoms with E-state index in [2.05, 4.69) is 10.2 Å². The Kier molecular flexibility index (Phi) is 5.43. The van der Waals surface area contributed by atoms with Gasteiger partial charge in [0, 0.05) is 31.6 Å². The number of H-pyrrole nitrogens is 1. The predicted molar refractivity (Wildman–Crippen MR) is 97.1 cm³/mol. The van der Waals surface area contributed by atoms with Crippen LogP contribution in [0.3, 0.4) is 0 Å². The number of aromatic amines is 1. The van der Waals surface area contributed by atoms with Crippen LogP contribution in [0.25, 0.3) is 6.08 Å². The molecule has 1 saturated heterocycles. The third-order valence-electron chi connectivity index (χ3n) is 4.54. The molecule has 132 valence electrons. The Balaban J connectivity index is 1.60. The molecule has 0 unspecified atom stereocenters. The minimum Gasteiger partial charge on any atom is -0.339 e. The molecule has 3 rings (SSSR count). The van der Waals surface area contributed by atoms with Gasteiger partial charge in [-0.2, -0.15) is 5.10 Å². The lowest BCUT2D eigenvalue weighted by atomic mass is 9.96. The van der Waals surface area contributed by atoms with E-state index in [1.54, 1.807) is 18.2 Å². The normalized spacial score (nSPS) is 15.8. The SMILES string of the molecule is CCn1c(C2CCN(C(=O)C=Cc3cccc(F)c3)CC2)n[nH]c1=S. The first-order chi connectivity index (χ1) is 12.1. The summed E-state index contributed by atoms with van der Waals surface area (Å²) >= 11 is 5.24. The smallest absolute Gasteiger partial charge is 0.246 e. The van der Waals surface area contributed by atoms with Gasteiger partial charge in [0.2, 0.25) is 5.91 Å². The molecule has 0 radical (unpaired) electrons. The fraction of sp³-hybridized carbons (Fsp3) is 0.389. The van der Waals surface area contributed by atoms with Crippen molar-refractivity contribution in [1.82, 2.24) is 19.7 Å². The van der Waals surface area contributed by atoms with E-state index in [1.807, 2.05) is 16.4 Å². The van der Waals surface area contributed by atoms with Crippen molar-refractivity contribution in [2.75, 3.05) is 13.1 Å². The molecule has 1 aliphatic heterocycles. The molecule has 1 N–H and O–H groups in total. The summed E-state index contributed by atoms with van der Waals surface area (Å²) in [6.07, 6.45) is 4.88. The van der Waals surface area contributed by atoms with Crippen molar-refractivity contribution >= 4 is 24.2 Å². The average Bonchev–Trinajstić information content (AvgIpc) is 3.00. The van der Waals surface area contributed by atoms with Gasteiger partial charge in [-0.25, -0.2) is 4.39 Å². The summed E-state index contributed by atoms with van der Waals surface area (Å²) in [7, 11) is 0. The summed E-state index contributed by atoms with van der Waals surface area (Å²) in [5.41, 5.74) is 0.682. The first kappa shape index (κ1) is 17.5. The quantitative estimate of drug-likeness (QED) is 0.670. The Hall–Kier alpha value is -2.28. The zero-order chi connectivity index (χ0) is 17.8. The second kappa shape index (κ2) is 7.74. The Morgan fingerprint density at radius 2 is 2.20 bits per heavy atom. The molecule has 1 aliphatic rings. The number of likely N-dealkylation sites (tertiary alicyclic amines) is 1. The van der Waals surface area contributed by atoms with Gasteiger partial charge in [-0.05, 0) is 55.8 Å². The highest BCUT2D eigenvalue weighted by atomic mass is 32.1. The van der Waals surface area contributed by atoms with Gasteiger partial charge in [-0.3, -0.25) is 9.89 Å². The number of benzene rings is 1. The van der Waals surface area contributed by atoms with Gasteiger partial charge in [0.1, 0.15) is 11.6 Å². The van der Waals surface area contributed by atoms with Gasteiger partial charge in [-0.1, -0.05) is 12.1 Å². The predicted octanol–water partition coefficient (Wildman–Crippen LogP) is 3.52. The van der Waals surface area contributed by atoms with Gasteiger partial charge in [0.25, 0.3) is 0 Å². The van der Waals surface area contributed by atoms with Crippen LogP contribution in [0.1, 0.15) is 37.1 Å². The number of carbonyl (C=O) groups excluding carboxylic acids is 1. The van der Waals surface area contributed by atoms with Crippen LogP contribution in [0.4, 0.5) is 4.39 Å². The van der Waals surface area contributed by atoms with E-state index >= 15 is 0 Å². The number of hydrogen-bond acceptors (Lipinski definition) is 3. The summed E-state index contributed by atoms with van der Waals surface area (Å²) in [5, 5.41) is 7.21. The van der Waals surface area contributed by atoms with Crippen molar-refractivity contribution in [3.05, 3.63) is 52.3 Å². The van der Waals surface area contributed by atoms with Crippen molar-refractivity contribution in [3.63, 3.8) is 0 Å². The summed E-state index contributed by atoms with van der Waals surface area (Å²) in [6, 6.07) is 6.19. The van der Waals surface area contributed by atoms with E-state index in [9.17, 15) is 9.18 Å². The van der Waals surface area contributed by atoms with Crippen LogP contribution >= 0.6 is 12.2 Å². The van der Waals surface area contributed by atoms with Crippen LogP contribution in [0, 0.1) is 10.6 Å². The first-order valence-corrected chi connectivity index (χ1v) is 8.87. The van der Waals surface area contributed by atoms with Crippen LogP contribution < -0.4 is 0 Å². The first-order valence-electron chi connectivity index (χ1n) is 8.46. The van der Waals surface area contributed by atoms with E-state index in [0.717, 1.165) is 25.2 Å².